The maximum Gasteiger partial charge on any atom is 0.170 e. The molecule has 0 atom stereocenters. The lowest BCUT2D eigenvalue weighted by Crippen LogP contribution is -2.29. The molecule has 1 aromatic rings. The van der Waals surface area contributed by atoms with Gasteiger partial charge in [-0.2, -0.15) is 0 Å². The van der Waals surface area contributed by atoms with Gasteiger partial charge in [-0.25, -0.2) is 0 Å². The van der Waals surface area contributed by atoms with E-state index in [2.05, 4.69) is 10.6 Å². The first-order valence-corrected chi connectivity index (χ1v) is 7.02. The number of thiocarbonyl (C=S) groups is 1. The van der Waals surface area contributed by atoms with E-state index in [-0.39, 0.29) is 0 Å². The molecule has 0 unspecified atom stereocenters. The van der Waals surface area contributed by atoms with Crippen molar-refractivity contribution in [3.05, 3.63) is 24.3 Å². The van der Waals surface area contributed by atoms with Gasteiger partial charge in [0.25, 0.3) is 0 Å². The van der Waals surface area contributed by atoms with Crippen molar-refractivity contribution < 1.29 is 9.47 Å². The highest BCUT2D eigenvalue weighted by Crippen LogP contribution is 2.15. The fourth-order valence-electron chi connectivity index (χ4n) is 1.50. The number of benzene rings is 1. The van der Waals surface area contributed by atoms with Gasteiger partial charge in [0.1, 0.15) is 5.75 Å². The molecule has 0 spiro atoms. The van der Waals surface area contributed by atoms with E-state index in [1.165, 1.54) is 0 Å². The van der Waals surface area contributed by atoms with E-state index in [0.717, 1.165) is 37.6 Å². The van der Waals surface area contributed by atoms with E-state index >= 15 is 0 Å². The summed E-state index contributed by atoms with van der Waals surface area (Å²) in [4.78, 5) is 0. The third-order valence-corrected chi connectivity index (χ3v) is 2.62. The highest BCUT2D eigenvalue weighted by molar-refractivity contribution is 7.80. The van der Waals surface area contributed by atoms with Crippen LogP contribution in [0.2, 0.25) is 0 Å². The molecule has 0 saturated heterocycles. The second kappa shape index (κ2) is 9.58. The predicted octanol–water partition coefficient (Wildman–Crippen LogP) is 2.80. The largest absolute Gasteiger partial charge is 0.494 e. The molecule has 0 heterocycles. The second-order valence-corrected chi connectivity index (χ2v) is 4.30. The zero-order chi connectivity index (χ0) is 13.9. The van der Waals surface area contributed by atoms with Crippen molar-refractivity contribution in [1.82, 2.24) is 5.32 Å². The third kappa shape index (κ3) is 6.98. The first kappa shape index (κ1) is 15.7. The van der Waals surface area contributed by atoms with Crippen molar-refractivity contribution >= 4 is 23.0 Å². The summed E-state index contributed by atoms with van der Waals surface area (Å²) in [6.07, 6.45) is 0.943. The molecule has 5 heteroatoms. The molecule has 0 bridgehead atoms. The number of anilines is 1. The SMILES string of the molecule is CCOCCCNC(=S)Nc1ccc(OCC)cc1. The van der Waals surface area contributed by atoms with Gasteiger partial charge in [0.05, 0.1) is 6.61 Å². The van der Waals surface area contributed by atoms with Crippen LogP contribution in [0.1, 0.15) is 20.3 Å². The molecular weight excluding hydrogens is 260 g/mol. The van der Waals surface area contributed by atoms with Crippen LogP contribution in [0.15, 0.2) is 24.3 Å². The lowest BCUT2D eigenvalue weighted by Gasteiger charge is -2.11. The van der Waals surface area contributed by atoms with Gasteiger partial charge in [-0.1, -0.05) is 0 Å². The summed E-state index contributed by atoms with van der Waals surface area (Å²) >= 11 is 5.20. The summed E-state index contributed by atoms with van der Waals surface area (Å²) in [5, 5.41) is 6.89. The molecule has 1 aromatic carbocycles. The van der Waals surface area contributed by atoms with Gasteiger partial charge < -0.3 is 20.1 Å². The van der Waals surface area contributed by atoms with Gasteiger partial charge in [0, 0.05) is 25.4 Å². The molecule has 0 radical (unpaired) electrons. The fraction of sp³-hybridized carbons (Fsp3) is 0.500. The lowest BCUT2D eigenvalue weighted by atomic mass is 10.3. The number of hydrogen-bond donors (Lipinski definition) is 2. The molecule has 0 aliphatic heterocycles. The molecule has 0 amide bonds. The van der Waals surface area contributed by atoms with Crippen molar-refractivity contribution in [2.75, 3.05) is 31.7 Å². The van der Waals surface area contributed by atoms with Crippen molar-refractivity contribution in [1.29, 1.82) is 0 Å². The van der Waals surface area contributed by atoms with Crippen LogP contribution in [0.3, 0.4) is 0 Å². The molecule has 4 nitrogen and oxygen atoms in total. The summed E-state index contributed by atoms with van der Waals surface area (Å²) in [5.74, 6) is 0.864. The topological polar surface area (TPSA) is 42.5 Å². The Bertz CT molecular complexity index is 368. The van der Waals surface area contributed by atoms with Crippen molar-refractivity contribution in [2.24, 2.45) is 0 Å². The highest BCUT2D eigenvalue weighted by atomic mass is 32.1. The Morgan fingerprint density at radius 3 is 2.53 bits per heavy atom. The fourth-order valence-corrected chi connectivity index (χ4v) is 1.72. The van der Waals surface area contributed by atoms with Crippen LogP contribution < -0.4 is 15.4 Å². The minimum atomic E-state index is 0.626. The molecule has 106 valence electrons. The number of nitrogens with one attached hydrogen (secondary N) is 2. The third-order valence-electron chi connectivity index (χ3n) is 2.38. The van der Waals surface area contributed by atoms with Gasteiger partial charge in [0.15, 0.2) is 5.11 Å². The van der Waals surface area contributed by atoms with Crippen LogP contribution >= 0.6 is 12.2 Å². The van der Waals surface area contributed by atoms with E-state index in [0.29, 0.717) is 11.7 Å². The minimum Gasteiger partial charge on any atom is -0.494 e. The Hall–Kier alpha value is -1.33. The molecule has 0 aliphatic carbocycles. The van der Waals surface area contributed by atoms with Crippen molar-refractivity contribution in [3.8, 4) is 5.75 Å². The van der Waals surface area contributed by atoms with Crippen molar-refractivity contribution in [3.63, 3.8) is 0 Å². The van der Waals surface area contributed by atoms with Crippen LogP contribution in [0.5, 0.6) is 5.75 Å². The van der Waals surface area contributed by atoms with Crippen molar-refractivity contribution in [2.45, 2.75) is 20.3 Å². The number of ether oxygens (including phenoxy) is 2. The first-order chi connectivity index (χ1) is 9.26. The summed E-state index contributed by atoms with van der Waals surface area (Å²) in [5.41, 5.74) is 0.950. The Balaban J connectivity index is 2.24. The molecule has 2 N–H and O–H groups in total. The Morgan fingerprint density at radius 1 is 1.16 bits per heavy atom. The smallest absolute Gasteiger partial charge is 0.170 e. The Labute approximate surface area is 120 Å². The lowest BCUT2D eigenvalue weighted by molar-refractivity contribution is 0.146. The van der Waals surface area contributed by atoms with Crippen LogP contribution in [0.25, 0.3) is 0 Å². The van der Waals surface area contributed by atoms with Crippen LogP contribution in [0, 0.1) is 0 Å². The normalized spacial score (nSPS) is 10.0. The number of hydrogen-bond acceptors (Lipinski definition) is 3. The van der Waals surface area contributed by atoms with Gasteiger partial charge in [-0.15, -0.1) is 0 Å². The van der Waals surface area contributed by atoms with Gasteiger partial charge in [-0.3, -0.25) is 0 Å². The molecule has 0 aliphatic rings. The van der Waals surface area contributed by atoms with Crippen LogP contribution in [-0.2, 0) is 4.74 Å². The maximum absolute atomic E-state index is 5.38. The summed E-state index contributed by atoms with van der Waals surface area (Å²) in [7, 11) is 0. The Kier molecular flexibility index (Phi) is 7.93. The molecule has 0 aromatic heterocycles. The molecule has 0 fully saturated rings. The van der Waals surface area contributed by atoms with Crippen LogP contribution in [0.4, 0.5) is 5.69 Å². The summed E-state index contributed by atoms with van der Waals surface area (Å²) in [6.45, 7) is 6.96. The van der Waals surface area contributed by atoms with E-state index in [4.69, 9.17) is 21.7 Å². The van der Waals surface area contributed by atoms with Gasteiger partial charge in [-0.05, 0) is 56.8 Å². The van der Waals surface area contributed by atoms with Crippen LogP contribution in [-0.4, -0.2) is 31.5 Å². The predicted molar refractivity (Wildman–Crippen MR) is 82.9 cm³/mol. The monoisotopic (exact) mass is 282 g/mol. The Morgan fingerprint density at radius 2 is 1.89 bits per heavy atom. The zero-order valence-corrected chi connectivity index (χ0v) is 12.4. The standard InChI is InChI=1S/C14H22N2O2S/c1-3-17-11-5-10-15-14(19)16-12-6-8-13(9-7-12)18-4-2/h6-9H,3-5,10-11H2,1-2H3,(H2,15,16,19). The highest BCUT2D eigenvalue weighted by Gasteiger charge is 1.98. The van der Waals surface area contributed by atoms with E-state index in [9.17, 15) is 0 Å². The maximum atomic E-state index is 5.38. The second-order valence-electron chi connectivity index (χ2n) is 3.89. The van der Waals surface area contributed by atoms with E-state index < -0.39 is 0 Å². The first-order valence-electron chi connectivity index (χ1n) is 6.61. The minimum absolute atomic E-state index is 0.626. The summed E-state index contributed by atoms with van der Waals surface area (Å²) in [6, 6.07) is 7.73. The molecule has 19 heavy (non-hydrogen) atoms. The van der Waals surface area contributed by atoms with E-state index in [1.54, 1.807) is 0 Å². The van der Waals surface area contributed by atoms with Gasteiger partial charge >= 0.3 is 0 Å². The average Bonchev–Trinajstić information content (AvgIpc) is 2.41. The summed E-state index contributed by atoms with van der Waals surface area (Å²) < 4.78 is 10.6. The average molecular weight is 282 g/mol. The zero-order valence-electron chi connectivity index (χ0n) is 11.6. The molecule has 0 saturated carbocycles. The molecular formula is C14H22N2O2S. The number of rotatable bonds is 8. The van der Waals surface area contributed by atoms with Gasteiger partial charge in [0.2, 0.25) is 0 Å². The van der Waals surface area contributed by atoms with E-state index in [1.807, 2.05) is 38.1 Å². The molecule has 1 rings (SSSR count). The quantitative estimate of drug-likeness (QED) is 0.567.